The Kier molecular flexibility index (Phi) is 5.88. The van der Waals surface area contributed by atoms with E-state index in [1.54, 1.807) is 30.7 Å². The topological polar surface area (TPSA) is 104 Å². The van der Waals surface area contributed by atoms with Crippen molar-refractivity contribution in [3.8, 4) is 11.4 Å². The molecule has 0 saturated carbocycles. The molecule has 3 N–H and O–H groups in total. The normalized spacial score (nSPS) is 11.3. The first-order chi connectivity index (χ1) is 14.9. The third-order valence-corrected chi connectivity index (χ3v) is 4.95. The lowest BCUT2D eigenvalue weighted by atomic mass is 10.2. The fourth-order valence-corrected chi connectivity index (χ4v) is 3.39. The second-order valence-corrected chi connectivity index (χ2v) is 7.89. The molecule has 31 heavy (non-hydrogen) atoms. The molecule has 160 valence electrons. The molecule has 0 radical (unpaired) electrons. The Bertz CT molecular complexity index is 1230. The van der Waals surface area contributed by atoms with Crippen molar-refractivity contribution in [3.63, 3.8) is 0 Å². The van der Waals surface area contributed by atoms with Gasteiger partial charge in [-0.3, -0.25) is 4.79 Å². The molecule has 0 fully saturated rings. The molecule has 0 bridgehead atoms. The van der Waals surface area contributed by atoms with Gasteiger partial charge in [0.15, 0.2) is 0 Å². The van der Waals surface area contributed by atoms with Crippen molar-refractivity contribution in [1.82, 2.24) is 34.7 Å². The van der Waals surface area contributed by atoms with Gasteiger partial charge in [0.25, 0.3) is 5.91 Å². The van der Waals surface area contributed by atoms with E-state index in [0.29, 0.717) is 40.1 Å². The third-order valence-electron chi connectivity index (χ3n) is 4.65. The Morgan fingerprint density at radius 2 is 2.06 bits per heavy atom. The summed E-state index contributed by atoms with van der Waals surface area (Å²) in [6.07, 6.45) is 5.28. The summed E-state index contributed by atoms with van der Waals surface area (Å²) in [5.74, 6) is 0.255. The summed E-state index contributed by atoms with van der Waals surface area (Å²) >= 11 is 6.46. The predicted octanol–water partition coefficient (Wildman–Crippen LogP) is 3.05. The highest BCUT2D eigenvalue weighted by Crippen LogP contribution is 2.29. The summed E-state index contributed by atoms with van der Waals surface area (Å²) in [4.78, 5) is 30.6. The van der Waals surface area contributed by atoms with Gasteiger partial charge in [-0.25, -0.2) is 15.0 Å². The van der Waals surface area contributed by atoms with Crippen LogP contribution in [0.25, 0.3) is 22.3 Å². The van der Waals surface area contributed by atoms with E-state index < -0.39 is 0 Å². The van der Waals surface area contributed by atoms with Crippen LogP contribution in [-0.4, -0.2) is 62.5 Å². The lowest BCUT2D eigenvalue weighted by Gasteiger charge is -2.09. The van der Waals surface area contributed by atoms with Crippen LogP contribution in [0.2, 0.25) is 5.02 Å². The van der Waals surface area contributed by atoms with Crippen LogP contribution in [-0.2, 0) is 7.05 Å². The van der Waals surface area contributed by atoms with Gasteiger partial charge in [0.05, 0.1) is 22.6 Å². The lowest BCUT2D eigenvalue weighted by Crippen LogP contribution is -2.31. The number of nitrogens with zero attached hydrogens (tertiary/aromatic N) is 5. The number of imidazole rings is 1. The number of aromatic nitrogens is 5. The highest BCUT2D eigenvalue weighted by atomic mass is 35.5. The summed E-state index contributed by atoms with van der Waals surface area (Å²) in [6.45, 7) is 1.32. The van der Waals surface area contributed by atoms with Gasteiger partial charge in [0, 0.05) is 43.6 Å². The Morgan fingerprint density at radius 1 is 1.23 bits per heavy atom. The van der Waals surface area contributed by atoms with Crippen LogP contribution >= 0.6 is 11.6 Å². The third kappa shape index (κ3) is 4.84. The number of amides is 1. The van der Waals surface area contributed by atoms with Gasteiger partial charge in [-0.05, 0) is 38.4 Å². The lowest BCUT2D eigenvalue weighted by molar-refractivity contribution is 0.0947. The van der Waals surface area contributed by atoms with Gasteiger partial charge in [-0.1, -0.05) is 11.6 Å². The second kappa shape index (κ2) is 8.75. The molecular weight excluding hydrogens is 416 g/mol. The van der Waals surface area contributed by atoms with Gasteiger partial charge >= 0.3 is 0 Å². The number of hydrogen-bond acceptors (Lipinski definition) is 6. The molecule has 10 heteroatoms. The minimum Gasteiger partial charge on any atom is -0.349 e. The number of aryl methyl sites for hydroxylation is 1. The molecule has 3 aromatic heterocycles. The number of carbonyl (C=O) groups is 1. The van der Waals surface area contributed by atoms with E-state index in [0.717, 1.165) is 17.6 Å². The molecule has 0 saturated heterocycles. The van der Waals surface area contributed by atoms with Gasteiger partial charge in [-0.15, -0.1) is 0 Å². The zero-order chi connectivity index (χ0) is 22.0. The monoisotopic (exact) mass is 438 g/mol. The number of nitrogens with one attached hydrogen (secondary N) is 3. The number of carbonyl (C=O) groups excluding carboxylic acids is 1. The quantitative estimate of drug-likeness (QED) is 0.409. The van der Waals surface area contributed by atoms with E-state index in [4.69, 9.17) is 11.6 Å². The standard InChI is InChI=1S/C21H23ClN8O/c1-29(2)7-6-23-20(31)17-9-13-8-14(10-15(22)19(13)27-17)26-21-24-5-4-16(28-21)18-11-30(3)12-25-18/h4-5,8-12,27H,6-7H2,1-3H3,(H,23,31)(H,24,26,28). The number of halogens is 1. The maximum atomic E-state index is 12.4. The van der Waals surface area contributed by atoms with E-state index in [9.17, 15) is 4.79 Å². The van der Waals surface area contributed by atoms with Crippen molar-refractivity contribution in [2.45, 2.75) is 0 Å². The van der Waals surface area contributed by atoms with E-state index in [1.165, 1.54) is 0 Å². The summed E-state index contributed by atoms with van der Waals surface area (Å²) < 4.78 is 1.86. The number of hydrogen-bond donors (Lipinski definition) is 3. The predicted molar refractivity (Wildman–Crippen MR) is 122 cm³/mol. The summed E-state index contributed by atoms with van der Waals surface area (Å²) in [6, 6.07) is 7.25. The molecule has 0 aliphatic heterocycles. The van der Waals surface area contributed by atoms with Crippen LogP contribution in [0, 0.1) is 0 Å². The molecule has 0 spiro atoms. The maximum Gasteiger partial charge on any atom is 0.267 e. The molecular formula is C21H23ClN8O. The molecule has 0 unspecified atom stereocenters. The smallest absolute Gasteiger partial charge is 0.267 e. The molecule has 1 amide bonds. The number of likely N-dealkylation sites (N-methyl/N-ethyl adjacent to an activating group) is 1. The Morgan fingerprint density at radius 3 is 2.81 bits per heavy atom. The van der Waals surface area contributed by atoms with Crippen molar-refractivity contribution in [1.29, 1.82) is 0 Å². The van der Waals surface area contributed by atoms with E-state index in [-0.39, 0.29) is 5.91 Å². The van der Waals surface area contributed by atoms with E-state index in [1.807, 2.05) is 42.9 Å². The fourth-order valence-electron chi connectivity index (χ4n) is 3.12. The second-order valence-electron chi connectivity index (χ2n) is 7.48. The van der Waals surface area contributed by atoms with Crippen LogP contribution in [0.15, 0.2) is 43.0 Å². The Labute approximate surface area is 184 Å². The van der Waals surface area contributed by atoms with Crippen LogP contribution < -0.4 is 10.6 Å². The Balaban J connectivity index is 1.54. The van der Waals surface area contributed by atoms with E-state index >= 15 is 0 Å². The van der Waals surface area contributed by atoms with Gasteiger partial charge < -0.3 is 25.1 Å². The minimum absolute atomic E-state index is 0.171. The Hall–Kier alpha value is -3.43. The number of H-pyrrole nitrogens is 1. The van der Waals surface area contributed by atoms with Crippen LogP contribution in [0.5, 0.6) is 0 Å². The molecule has 1 aromatic carbocycles. The maximum absolute atomic E-state index is 12.4. The molecule has 4 aromatic rings. The molecule has 4 rings (SSSR count). The van der Waals surface area contributed by atoms with Gasteiger partial charge in [0.2, 0.25) is 5.95 Å². The molecule has 0 aliphatic carbocycles. The van der Waals surface area contributed by atoms with Crippen LogP contribution in [0.1, 0.15) is 10.5 Å². The number of fused-ring (bicyclic) bond motifs is 1. The zero-order valence-corrected chi connectivity index (χ0v) is 18.2. The van der Waals surface area contributed by atoms with Crippen LogP contribution in [0.3, 0.4) is 0 Å². The van der Waals surface area contributed by atoms with E-state index in [2.05, 4.69) is 30.6 Å². The first kappa shape index (κ1) is 20.8. The molecule has 9 nitrogen and oxygen atoms in total. The minimum atomic E-state index is -0.171. The number of anilines is 2. The fraction of sp³-hybridized carbons (Fsp3) is 0.238. The van der Waals surface area contributed by atoms with Crippen molar-refractivity contribution < 1.29 is 4.79 Å². The largest absolute Gasteiger partial charge is 0.349 e. The number of rotatable bonds is 7. The average molecular weight is 439 g/mol. The number of benzene rings is 1. The zero-order valence-electron chi connectivity index (χ0n) is 17.5. The summed E-state index contributed by atoms with van der Waals surface area (Å²) in [7, 11) is 5.82. The SMILES string of the molecule is CN(C)CCNC(=O)c1cc2cc(Nc3nccc(-c4cn(C)cn4)n3)cc(Cl)c2[nH]1. The first-order valence-electron chi connectivity index (χ1n) is 9.72. The molecule has 0 aliphatic rings. The van der Waals surface area contributed by atoms with Crippen molar-refractivity contribution >= 4 is 40.0 Å². The van der Waals surface area contributed by atoms with Crippen molar-refractivity contribution in [2.75, 3.05) is 32.5 Å². The average Bonchev–Trinajstić information content (AvgIpc) is 3.34. The molecule has 3 heterocycles. The highest BCUT2D eigenvalue weighted by molar-refractivity contribution is 6.35. The molecule has 0 atom stereocenters. The van der Waals surface area contributed by atoms with Gasteiger partial charge in [-0.2, -0.15) is 0 Å². The van der Waals surface area contributed by atoms with Crippen molar-refractivity contribution in [2.24, 2.45) is 7.05 Å². The highest BCUT2D eigenvalue weighted by Gasteiger charge is 2.13. The van der Waals surface area contributed by atoms with Crippen molar-refractivity contribution in [3.05, 3.63) is 53.7 Å². The summed E-state index contributed by atoms with van der Waals surface area (Å²) in [5.41, 5.74) is 3.35. The van der Waals surface area contributed by atoms with Gasteiger partial charge in [0.1, 0.15) is 11.4 Å². The van der Waals surface area contributed by atoms with Crippen LogP contribution in [0.4, 0.5) is 11.6 Å². The first-order valence-corrected chi connectivity index (χ1v) is 10.1. The summed E-state index contributed by atoms with van der Waals surface area (Å²) in [5, 5.41) is 7.38. The number of aromatic amines is 1.